The molecule has 16 heavy (non-hydrogen) atoms. The molecule has 2 fully saturated rings. The third-order valence-electron chi connectivity index (χ3n) is 3.31. The minimum atomic E-state index is -4.34. The maximum absolute atomic E-state index is 12.4. The van der Waals surface area contributed by atoms with Crippen LogP contribution in [0.25, 0.3) is 0 Å². The number of carboxylic acids is 1. The normalized spacial score (nSPS) is 37.1. The Bertz CT molecular complexity index is 354. The molecular formula is C9H10F3NO3. The average Bonchev–Trinajstić information content (AvgIpc) is 2.67. The summed E-state index contributed by atoms with van der Waals surface area (Å²) in [7, 11) is 0. The molecule has 0 aromatic heterocycles. The summed E-state index contributed by atoms with van der Waals surface area (Å²) in [5.41, 5.74) is 0. The number of likely N-dealkylation sites (tertiary alicyclic amines) is 1. The Balaban J connectivity index is 2.18. The minimum absolute atomic E-state index is 0.0935. The highest BCUT2D eigenvalue weighted by Gasteiger charge is 2.72. The largest absolute Gasteiger partial charge is 0.480 e. The summed E-state index contributed by atoms with van der Waals surface area (Å²) in [6.45, 7) is 1.10. The first-order valence-corrected chi connectivity index (χ1v) is 4.83. The van der Waals surface area contributed by atoms with E-state index in [-0.39, 0.29) is 6.42 Å². The van der Waals surface area contributed by atoms with Crippen molar-refractivity contribution in [2.45, 2.75) is 31.6 Å². The van der Waals surface area contributed by atoms with E-state index in [9.17, 15) is 22.8 Å². The molecule has 7 heteroatoms. The lowest BCUT2D eigenvalue weighted by Gasteiger charge is -2.25. The molecule has 1 aliphatic heterocycles. The summed E-state index contributed by atoms with van der Waals surface area (Å²) in [6, 6.07) is -2.05. The highest BCUT2D eigenvalue weighted by molar-refractivity contribution is 5.84. The van der Waals surface area contributed by atoms with Crippen LogP contribution in [0.5, 0.6) is 0 Å². The second-order valence-electron chi connectivity index (χ2n) is 4.24. The number of piperidine rings is 1. The van der Waals surface area contributed by atoms with Gasteiger partial charge in [0, 0.05) is 13.0 Å². The highest BCUT2D eigenvalue weighted by atomic mass is 19.4. The molecular weight excluding hydrogens is 227 g/mol. The van der Waals surface area contributed by atoms with Gasteiger partial charge in [0.1, 0.15) is 6.04 Å². The molecule has 1 saturated heterocycles. The van der Waals surface area contributed by atoms with Crippen molar-refractivity contribution in [2.24, 2.45) is 11.8 Å². The molecule has 0 spiro atoms. The van der Waals surface area contributed by atoms with Gasteiger partial charge in [-0.2, -0.15) is 13.2 Å². The van der Waals surface area contributed by atoms with E-state index >= 15 is 0 Å². The second-order valence-corrected chi connectivity index (χ2v) is 4.24. The maximum atomic E-state index is 12.4. The van der Waals surface area contributed by atoms with Gasteiger partial charge in [-0.1, -0.05) is 0 Å². The third-order valence-corrected chi connectivity index (χ3v) is 3.31. The molecule has 1 N–H and O–H groups in total. The fourth-order valence-corrected chi connectivity index (χ4v) is 2.69. The summed E-state index contributed by atoms with van der Waals surface area (Å²) >= 11 is 0. The van der Waals surface area contributed by atoms with Gasteiger partial charge in [0.25, 0.3) is 0 Å². The summed E-state index contributed by atoms with van der Waals surface area (Å²) in [6.07, 6.45) is -4.43. The summed E-state index contributed by atoms with van der Waals surface area (Å²) in [4.78, 5) is 22.8. The first-order chi connectivity index (χ1) is 7.25. The monoisotopic (exact) mass is 237 g/mol. The van der Waals surface area contributed by atoms with Gasteiger partial charge in [-0.15, -0.1) is 0 Å². The lowest BCUT2D eigenvalue weighted by Crippen LogP contribution is -2.44. The molecule has 90 valence electrons. The van der Waals surface area contributed by atoms with E-state index in [1.54, 1.807) is 0 Å². The zero-order chi connectivity index (χ0) is 12.2. The maximum Gasteiger partial charge on any atom is 0.394 e. The molecule has 4 nitrogen and oxygen atoms in total. The van der Waals surface area contributed by atoms with Gasteiger partial charge in [-0.25, -0.2) is 4.79 Å². The Kier molecular flexibility index (Phi) is 2.18. The van der Waals surface area contributed by atoms with Crippen molar-refractivity contribution in [1.82, 2.24) is 4.90 Å². The van der Waals surface area contributed by atoms with Crippen molar-refractivity contribution in [1.29, 1.82) is 0 Å². The van der Waals surface area contributed by atoms with Crippen LogP contribution >= 0.6 is 0 Å². The van der Waals surface area contributed by atoms with E-state index in [4.69, 9.17) is 5.11 Å². The molecule has 0 aromatic carbocycles. The SMILES string of the molecule is CC(=O)N1[C@H]2[C@@H](C[C@H]1C(=O)O)[C@@H]2C(F)(F)F. The molecule has 1 saturated carbocycles. The van der Waals surface area contributed by atoms with Gasteiger partial charge in [0.2, 0.25) is 5.91 Å². The van der Waals surface area contributed by atoms with Crippen molar-refractivity contribution in [3.8, 4) is 0 Å². The van der Waals surface area contributed by atoms with E-state index in [0.29, 0.717) is 0 Å². The average molecular weight is 237 g/mol. The fraction of sp³-hybridized carbons (Fsp3) is 0.778. The number of halogens is 3. The Morgan fingerprint density at radius 1 is 1.38 bits per heavy atom. The lowest BCUT2D eigenvalue weighted by atomic mass is 10.1. The minimum Gasteiger partial charge on any atom is -0.480 e. The van der Waals surface area contributed by atoms with E-state index < -0.39 is 42.0 Å². The smallest absolute Gasteiger partial charge is 0.394 e. The van der Waals surface area contributed by atoms with Crippen LogP contribution in [0.2, 0.25) is 0 Å². The molecule has 2 aliphatic rings. The number of fused-ring (bicyclic) bond motifs is 1. The number of hydrogen-bond acceptors (Lipinski definition) is 2. The number of aliphatic carboxylic acids is 1. The number of carbonyl (C=O) groups is 2. The van der Waals surface area contributed by atoms with Crippen LogP contribution < -0.4 is 0 Å². The van der Waals surface area contributed by atoms with Crippen molar-refractivity contribution in [3.05, 3.63) is 0 Å². The van der Waals surface area contributed by atoms with E-state index in [1.165, 1.54) is 0 Å². The van der Waals surface area contributed by atoms with Gasteiger partial charge >= 0.3 is 12.1 Å². The van der Waals surface area contributed by atoms with Gasteiger partial charge in [0.05, 0.1) is 5.92 Å². The van der Waals surface area contributed by atoms with Gasteiger partial charge < -0.3 is 10.0 Å². The van der Waals surface area contributed by atoms with Crippen LogP contribution in [-0.4, -0.2) is 40.1 Å². The standard InChI is InChI=1S/C9H10F3NO3/c1-3(14)13-5(8(15)16)2-4-6(7(4)13)9(10,11)12/h4-7H,2H2,1H3,(H,15,16)/t4-,5-,6-,7-/m0/s1. The van der Waals surface area contributed by atoms with Gasteiger partial charge in [-0.3, -0.25) is 4.79 Å². The predicted molar refractivity (Wildman–Crippen MR) is 45.4 cm³/mol. The molecule has 1 heterocycles. The second kappa shape index (κ2) is 3.11. The van der Waals surface area contributed by atoms with Gasteiger partial charge in [0.15, 0.2) is 0 Å². The Labute approximate surface area is 89.0 Å². The number of rotatable bonds is 1. The number of hydrogen-bond donors (Lipinski definition) is 1. The lowest BCUT2D eigenvalue weighted by molar-refractivity contribution is -0.166. The van der Waals surface area contributed by atoms with Crippen molar-refractivity contribution in [3.63, 3.8) is 0 Å². The first kappa shape index (κ1) is 11.2. The third kappa shape index (κ3) is 1.45. The Hall–Kier alpha value is -1.27. The molecule has 0 unspecified atom stereocenters. The molecule has 1 amide bonds. The van der Waals surface area contributed by atoms with E-state index in [0.717, 1.165) is 11.8 Å². The number of carbonyl (C=O) groups excluding carboxylic acids is 1. The summed E-state index contributed by atoms with van der Waals surface area (Å²) in [5, 5.41) is 8.78. The predicted octanol–water partition coefficient (Wildman–Crippen LogP) is 0.869. The van der Waals surface area contributed by atoms with Crippen LogP contribution in [0.3, 0.4) is 0 Å². The number of carboxylic acid groups (broad SMARTS) is 1. The topological polar surface area (TPSA) is 57.6 Å². The van der Waals surface area contributed by atoms with Crippen molar-refractivity contribution >= 4 is 11.9 Å². The van der Waals surface area contributed by atoms with E-state index in [1.807, 2.05) is 0 Å². The van der Waals surface area contributed by atoms with Gasteiger partial charge in [-0.05, 0) is 12.3 Å². The Morgan fingerprint density at radius 3 is 2.31 bits per heavy atom. The van der Waals surface area contributed by atoms with Crippen molar-refractivity contribution in [2.75, 3.05) is 0 Å². The molecule has 0 radical (unpaired) electrons. The van der Waals surface area contributed by atoms with Crippen LogP contribution in [0.1, 0.15) is 13.3 Å². The molecule has 4 atom stereocenters. The zero-order valence-corrected chi connectivity index (χ0v) is 8.36. The highest BCUT2D eigenvalue weighted by Crippen LogP contribution is 2.59. The summed E-state index contributed by atoms with van der Waals surface area (Å²) in [5.74, 6) is -4.10. The molecule has 0 bridgehead atoms. The fourth-order valence-electron chi connectivity index (χ4n) is 2.69. The number of alkyl halides is 3. The van der Waals surface area contributed by atoms with Crippen LogP contribution in [0.4, 0.5) is 13.2 Å². The van der Waals surface area contributed by atoms with Crippen LogP contribution in [-0.2, 0) is 9.59 Å². The Morgan fingerprint density at radius 2 is 1.94 bits per heavy atom. The van der Waals surface area contributed by atoms with Crippen LogP contribution in [0.15, 0.2) is 0 Å². The quantitative estimate of drug-likeness (QED) is 0.736. The first-order valence-electron chi connectivity index (χ1n) is 4.83. The van der Waals surface area contributed by atoms with Crippen molar-refractivity contribution < 1.29 is 27.9 Å². The molecule has 1 aliphatic carbocycles. The number of nitrogens with zero attached hydrogens (tertiary/aromatic N) is 1. The number of amides is 1. The summed E-state index contributed by atoms with van der Waals surface area (Å²) < 4.78 is 37.3. The molecule has 0 aromatic rings. The van der Waals surface area contributed by atoms with E-state index in [2.05, 4.69) is 0 Å². The zero-order valence-electron chi connectivity index (χ0n) is 8.36. The van der Waals surface area contributed by atoms with Crippen LogP contribution in [0, 0.1) is 11.8 Å². The molecule has 2 rings (SSSR count).